The van der Waals surface area contributed by atoms with E-state index in [4.69, 9.17) is 4.74 Å². The highest BCUT2D eigenvalue weighted by molar-refractivity contribution is 6.07. The molecule has 0 aliphatic carbocycles. The van der Waals surface area contributed by atoms with Gasteiger partial charge in [0.15, 0.2) is 0 Å². The van der Waals surface area contributed by atoms with E-state index in [2.05, 4.69) is 10.6 Å². The van der Waals surface area contributed by atoms with Crippen molar-refractivity contribution in [3.05, 3.63) is 54.1 Å². The second kappa shape index (κ2) is 8.12. The second-order valence-corrected chi connectivity index (χ2v) is 5.51. The van der Waals surface area contributed by atoms with Crippen molar-refractivity contribution >= 4 is 23.2 Å². The molecule has 0 bridgehead atoms. The Balaban J connectivity index is 2.11. The van der Waals surface area contributed by atoms with Gasteiger partial charge in [-0.1, -0.05) is 12.1 Å². The van der Waals surface area contributed by atoms with E-state index >= 15 is 0 Å². The molecule has 2 amide bonds. The molecule has 0 aromatic heterocycles. The fourth-order valence-corrected chi connectivity index (χ4v) is 2.11. The number of carbonyl (C=O) groups excluding carboxylic acids is 2. The molecule has 0 aliphatic heterocycles. The molecule has 6 nitrogen and oxygen atoms in total. The number of carbonyl (C=O) groups is 2. The summed E-state index contributed by atoms with van der Waals surface area (Å²) >= 11 is 0. The van der Waals surface area contributed by atoms with Crippen LogP contribution in [0, 0.1) is 0 Å². The Kier molecular flexibility index (Phi) is 5.92. The van der Waals surface area contributed by atoms with Gasteiger partial charge in [0, 0.05) is 5.56 Å². The molecule has 0 radical (unpaired) electrons. The smallest absolute Gasteiger partial charge is 0.255 e. The molecule has 6 heteroatoms. The first-order valence-corrected chi connectivity index (χ1v) is 7.48. The third-order valence-corrected chi connectivity index (χ3v) is 3.26. The van der Waals surface area contributed by atoms with Crippen LogP contribution >= 0.6 is 0 Å². The minimum absolute atomic E-state index is 0.147. The number of likely N-dealkylation sites (N-methyl/N-ethyl adjacent to an activating group) is 1. The molecule has 0 unspecified atom stereocenters. The van der Waals surface area contributed by atoms with Crippen molar-refractivity contribution in [2.24, 2.45) is 0 Å². The molecular weight excluding hydrogens is 306 g/mol. The van der Waals surface area contributed by atoms with Crippen LogP contribution in [0.25, 0.3) is 0 Å². The summed E-state index contributed by atoms with van der Waals surface area (Å²) in [5, 5.41) is 5.62. The van der Waals surface area contributed by atoms with Gasteiger partial charge in [-0.15, -0.1) is 0 Å². The van der Waals surface area contributed by atoms with Gasteiger partial charge in [-0.25, -0.2) is 0 Å². The molecule has 0 heterocycles. The van der Waals surface area contributed by atoms with Crippen molar-refractivity contribution in [1.82, 2.24) is 4.90 Å². The number of rotatable bonds is 6. The number of anilines is 2. The zero-order valence-electron chi connectivity index (χ0n) is 14.0. The van der Waals surface area contributed by atoms with Crippen molar-refractivity contribution in [3.8, 4) is 5.75 Å². The van der Waals surface area contributed by atoms with Crippen LogP contribution in [-0.2, 0) is 4.79 Å². The lowest BCUT2D eigenvalue weighted by molar-refractivity contribution is -0.116. The molecule has 0 saturated carbocycles. The summed E-state index contributed by atoms with van der Waals surface area (Å²) in [6.45, 7) is 0.265. The van der Waals surface area contributed by atoms with Gasteiger partial charge in [0.2, 0.25) is 5.91 Å². The molecule has 24 heavy (non-hydrogen) atoms. The van der Waals surface area contributed by atoms with Gasteiger partial charge in [-0.2, -0.15) is 0 Å². The molecule has 2 N–H and O–H groups in total. The van der Waals surface area contributed by atoms with Gasteiger partial charge >= 0.3 is 0 Å². The first-order valence-electron chi connectivity index (χ1n) is 7.48. The summed E-state index contributed by atoms with van der Waals surface area (Å²) < 4.78 is 5.08. The molecule has 126 valence electrons. The minimum Gasteiger partial charge on any atom is -0.497 e. The SMILES string of the molecule is COc1ccc(C(=O)Nc2ccccc2NC(=O)CN(C)C)cc1. The molecule has 0 atom stereocenters. The molecule has 0 aliphatic rings. The van der Waals surface area contributed by atoms with E-state index in [1.807, 2.05) is 14.1 Å². The van der Waals surface area contributed by atoms with Crippen LogP contribution in [0.1, 0.15) is 10.4 Å². The van der Waals surface area contributed by atoms with E-state index in [0.29, 0.717) is 22.7 Å². The first-order chi connectivity index (χ1) is 11.5. The number of amides is 2. The van der Waals surface area contributed by atoms with E-state index < -0.39 is 0 Å². The van der Waals surface area contributed by atoms with Crippen molar-refractivity contribution in [3.63, 3.8) is 0 Å². The van der Waals surface area contributed by atoms with E-state index in [9.17, 15) is 9.59 Å². The van der Waals surface area contributed by atoms with E-state index in [-0.39, 0.29) is 18.4 Å². The number of hydrogen-bond acceptors (Lipinski definition) is 4. The summed E-state index contributed by atoms with van der Waals surface area (Å²) in [7, 11) is 5.20. The van der Waals surface area contributed by atoms with Gasteiger partial charge in [0.1, 0.15) is 5.75 Å². The molecule has 0 fully saturated rings. The van der Waals surface area contributed by atoms with Crippen LogP contribution in [0.3, 0.4) is 0 Å². The van der Waals surface area contributed by atoms with Crippen LogP contribution in [0.15, 0.2) is 48.5 Å². The van der Waals surface area contributed by atoms with Gasteiger partial charge < -0.3 is 20.3 Å². The Labute approximate surface area is 141 Å². The summed E-state index contributed by atoms with van der Waals surface area (Å²) in [6.07, 6.45) is 0. The quantitative estimate of drug-likeness (QED) is 0.855. The normalized spacial score (nSPS) is 10.3. The van der Waals surface area contributed by atoms with Crippen LogP contribution in [0.4, 0.5) is 11.4 Å². The number of ether oxygens (including phenoxy) is 1. The fourth-order valence-electron chi connectivity index (χ4n) is 2.11. The lowest BCUT2D eigenvalue weighted by atomic mass is 10.2. The Hall–Kier alpha value is -2.86. The maximum atomic E-state index is 12.4. The number of nitrogens with zero attached hydrogens (tertiary/aromatic N) is 1. The lowest BCUT2D eigenvalue weighted by Crippen LogP contribution is -2.27. The van der Waals surface area contributed by atoms with Crippen molar-refractivity contribution in [2.75, 3.05) is 38.4 Å². The largest absolute Gasteiger partial charge is 0.497 e. The number of benzene rings is 2. The monoisotopic (exact) mass is 327 g/mol. The Morgan fingerprint density at radius 1 is 0.958 bits per heavy atom. The highest BCUT2D eigenvalue weighted by Gasteiger charge is 2.11. The van der Waals surface area contributed by atoms with Crippen molar-refractivity contribution in [2.45, 2.75) is 0 Å². The van der Waals surface area contributed by atoms with E-state index in [1.54, 1.807) is 60.5 Å². The zero-order valence-corrected chi connectivity index (χ0v) is 14.0. The minimum atomic E-state index is -0.257. The van der Waals surface area contributed by atoms with E-state index in [0.717, 1.165) is 0 Å². The van der Waals surface area contributed by atoms with Crippen LogP contribution in [-0.4, -0.2) is 44.5 Å². The maximum absolute atomic E-state index is 12.4. The van der Waals surface area contributed by atoms with Crippen LogP contribution in [0.5, 0.6) is 5.75 Å². The third kappa shape index (κ3) is 4.82. The average molecular weight is 327 g/mol. The number of para-hydroxylation sites is 2. The molecule has 0 saturated heterocycles. The summed E-state index contributed by atoms with van der Waals surface area (Å²) in [5.41, 5.74) is 1.61. The van der Waals surface area contributed by atoms with Crippen molar-refractivity contribution < 1.29 is 14.3 Å². The summed E-state index contributed by atoms with van der Waals surface area (Å²) in [5.74, 6) is 0.279. The maximum Gasteiger partial charge on any atom is 0.255 e. The second-order valence-electron chi connectivity index (χ2n) is 5.51. The fraction of sp³-hybridized carbons (Fsp3) is 0.222. The zero-order chi connectivity index (χ0) is 17.5. The predicted octanol–water partition coefficient (Wildman–Crippen LogP) is 2.45. The Bertz CT molecular complexity index is 712. The standard InChI is InChI=1S/C18H21N3O3/c1-21(2)12-17(22)19-15-6-4-5-7-16(15)20-18(23)13-8-10-14(24-3)11-9-13/h4-11H,12H2,1-3H3,(H,19,22)(H,20,23). The summed E-state index contributed by atoms with van der Waals surface area (Å²) in [6, 6.07) is 13.9. The van der Waals surface area contributed by atoms with Gasteiger partial charge in [0.25, 0.3) is 5.91 Å². The first kappa shape index (κ1) is 17.5. The molecule has 2 rings (SSSR count). The average Bonchev–Trinajstić information content (AvgIpc) is 2.56. The third-order valence-electron chi connectivity index (χ3n) is 3.26. The molecule has 0 spiro atoms. The van der Waals surface area contributed by atoms with Crippen LogP contribution < -0.4 is 15.4 Å². The number of hydrogen-bond donors (Lipinski definition) is 2. The lowest BCUT2D eigenvalue weighted by Gasteiger charge is -2.14. The van der Waals surface area contributed by atoms with Gasteiger partial charge in [-0.05, 0) is 50.5 Å². The molecular formula is C18H21N3O3. The molecule has 2 aromatic carbocycles. The Morgan fingerprint density at radius 3 is 2.08 bits per heavy atom. The number of methoxy groups -OCH3 is 1. The highest BCUT2D eigenvalue weighted by Crippen LogP contribution is 2.22. The van der Waals surface area contributed by atoms with Crippen molar-refractivity contribution in [1.29, 1.82) is 0 Å². The van der Waals surface area contributed by atoms with E-state index in [1.165, 1.54) is 0 Å². The highest BCUT2D eigenvalue weighted by atomic mass is 16.5. The molecule has 2 aromatic rings. The Morgan fingerprint density at radius 2 is 1.54 bits per heavy atom. The topological polar surface area (TPSA) is 70.7 Å². The number of nitrogens with one attached hydrogen (secondary N) is 2. The van der Waals surface area contributed by atoms with Crippen LogP contribution in [0.2, 0.25) is 0 Å². The predicted molar refractivity (Wildman–Crippen MR) is 94.6 cm³/mol. The van der Waals surface area contributed by atoms with Gasteiger partial charge in [0.05, 0.1) is 25.0 Å². The van der Waals surface area contributed by atoms with Gasteiger partial charge in [-0.3, -0.25) is 9.59 Å². The summed E-state index contributed by atoms with van der Waals surface area (Å²) in [4.78, 5) is 26.1.